The fourth-order valence-corrected chi connectivity index (χ4v) is 2.82. The fraction of sp³-hybridized carbons (Fsp3) is 0.200. The van der Waals surface area contributed by atoms with E-state index in [1.54, 1.807) is 36.8 Å². The maximum atomic E-state index is 12.5. The monoisotopic (exact) mass is 369 g/mol. The number of carbonyl (C=O) groups is 1. The van der Waals surface area contributed by atoms with E-state index < -0.39 is 6.10 Å². The van der Waals surface area contributed by atoms with Gasteiger partial charge in [0.25, 0.3) is 5.91 Å². The molecule has 0 saturated heterocycles. The van der Waals surface area contributed by atoms with Gasteiger partial charge in [-0.2, -0.15) is 0 Å². The van der Waals surface area contributed by atoms with Gasteiger partial charge in [0.15, 0.2) is 6.10 Å². The van der Waals surface area contributed by atoms with Gasteiger partial charge in [-0.3, -0.25) is 4.79 Å². The molecule has 0 saturated carbocycles. The summed E-state index contributed by atoms with van der Waals surface area (Å²) in [5, 5.41) is 3.53. The SMILES string of the molecule is CC[C@@H](Oc1cccc(Cl)c1)C(=O)NCc1ccccc1-n1ccnc1. The first-order valence-electron chi connectivity index (χ1n) is 8.43. The van der Waals surface area contributed by atoms with E-state index in [9.17, 15) is 4.79 Å². The molecule has 134 valence electrons. The highest BCUT2D eigenvalue weighted by molar-refractivity contribution is 6.30. The zero-order valence-corrected chi connectivity index (χ0v) is 15.2. The minimum atomic E-state index is -0.575. The second-order valence-corrected chi connectivity index (χ2v) is 6.23. The number of nitrogens with zero attached hydrogens (tertiary/aromatic N) is 2. The molecule has 3 aromatic rings. The standard InChI is InChI=1S/C20H20ClN3O2/c1-2-19(26-17-8-5-7-16(21)12-17)20(25)23-13-15-6-3-4-9-18(15)24-11-10-22-14-24/h3-12,14,19H,2,13H2,1H3,(H,23,25)/t19-/m1/s1. The lowest BCUT2D eigenvalue weighted by Crippen LogP contribution is -2.37. The third kappa shape index (κ3) is 4.43. The van der Waals surface area contributed by atoms with Crippen molar-refractivity contribution in [2.45, 2.75) is 26.0 Å². The fourth-order valence-electron chi connectivity index (χ4n) is 2.64. The maximum absolute atomic E-state index is 12.5. The van der Waals surface area contributed by atoms with Crippen LogP contribution >= 0.6 is 11.6 Å². The van der Waals surface area contributed by atoms with Crippen LogP contribution in [0.3, 0.4) is 0 Å². The number of hydrogen-bond donors (Lipinski definition) is 1. The first-order chi connectivity index (χ1) is 12.7. The van der Waals surface area contributed by atoms with Crippen molar-refractivity contribution in [3.8, 4) is 11.4 Å². The van der Waals surface area contributed by atoms with E-state index in [-0.39, 0.29) is 5.91 Å². The first-order valence-corrected chi connectivity index (χ1v) is 8.81. The molecule has 1 N–H and O–H groups in total. The van der Waals surface area contributed by atoms with Crippen molar-refractivity contribution in [1.29, 1.82) is 0 Å². The number of amides is 1. The molecule has 0 unspecified atom stereocenters. The smallest absolute Gasteiger partial charge is 0.261 e. The van der Waals surface area contributed by atoms with E-state index in [1.165, 1.54) is 0 Å². The molecular weight excluding hydrogens is 350 g/mol. The highest BCUT2D eigenvalue weighted by Crippen LogP contribution is 2.19. The van der Waals surface area contributed by atoms with Crippen LogP contribution in [0.2, 0.25) is 5.02 Å². The average molecular weight is 370 g/mol. The maximum Gasteiger partial charge on any atom is 0.261 e. The molecule has 5 nitrogen and oxygen atoms in total. The summed E-state index contributed by atoms with van der Waals surface area (Å²) in [5.41, 5.74) is 1.98. The van der Waals surface area contributed by atoms with Crippen LogP contribution in [0, 0.1) is 0 Å². The van der Waals surface area contributed by atoms with Gasteiger partial charge in [-0.15, -0.1) is 0 Å². The number of benzene rings is 2. The van der Waals surface area contributed by atoms with Crippen LogP contribution in [-0.2, 0) is 11.3 Å². The summed E-state index contributed by atoms with van der Waals surface area (Å²) in [7, 11) is 0. The van der Waals surface area contributed by atoms with E-state index in [0.29, 0.717) is 23.7 Å². The lowest BCUT2D eigenvalue weighted by atomic mass is 10.1. The number of halogens is 1. The highest BCUT2D eigenvalue weighted by atomic mass is 35.5. The predicted octanol–water partition coefficient (Wildman–Crippen LogP) is 4.00. The lowest BCUT2D eigenvalue weighted by Gasteiger charge is -2.18. The second-order valence-electron chi connectivity index (χ2n) is 5.79. The number of ether oxygens (including phenoxy) is 1. The van der Waals surface area contributed by atoms with Crippen LogP contribution in [0.1, 0.15) is 18.9 Å². The topological polar surface area (TPSA) is 56.1 Å². The summed E-state index contributed by atoms with van der Waals surface area (Å²) in [5.74, 6) is 0.422. The van der Waals surface area contributed by atoms with Gasteiger partial charge >= 0.3 is 0 Å². The number of hydrogen-bond acceptors (Lipinski definition) is 3. The van der Waals surface area contributed by atoms with Gasteiger partial charge in [0.1, 0.15) is 5.75 Å². The summed E-state index contributed by atoms with van der Waals surface area (Å²) < 4.78 is 7.70. The van der Waals surface area contributed by atoms with Gasteiger partial charge in [0.05, 0.1) is 12.0 Å². The van der Waals surface area contributed by atoms with E-state index >= 15 is 0 Å². The zero-order chi connectivity index (χ0) is 18.4. The molecule has 2 aromatic carbocycles. The number of rotatable bonds is 7. The second kappa shape index (κ2) is 8.54. The Morgan fingerprint density at radius 1 is 1.27 bits per heavy atom. The molecule has 0 aliphatic carbocycles. The van der Waals surface area contributed by atoms with Crippen molar-refractivity contribution < 1.29 is 9.53 Å². The summed E-state index contributed by atoms with van der Waals surface area (Å²) >= 11 is 5.97. The van der Waals surface area contributed by atoms with Crippen LogP contribution < -0.4 is 10.1 Å². The molecule has 0 bridgehead atoms. The Morgan fingerprint density at radius 2 is 2.12 bits per heavy atom. The normalized spacial score (nSPS) is 11.8. The first kappa shape index (κ1) is 18.0. The van der Waals surface area contributed by atoms with Crippen LogP contribution in [0.25, 0.3) is 5.69 Å². The molecule has 1 atom stereocenters. The van der Waals surface area contributed by atoms with Gasteiger partial charge in [-0.05, 0) is 36.2 Å². The largest absolute Gasteiger partial charge is 0.481 e. The van der Waals surface area contributed by atoms with Gasteiger partial charge in [-0.1, -0.05) is 42.8 Å². The van der Waals surface area contributed by atoms with Crippen LogP contribution in [-0.4, -0.2) is 21.6 Å². The molecule has 1 amide bonds. The number of nitrogens with one attached hydrogen (secondary N) is 1. The summed E-state index contributed by atoms with van der Waals surface area (Å²) in [6.45, 7) is 2.32. The molecule has 0 radical (unpaired) electrons. The molecule has 6 heteroatoms. The Kier molecular flexibility index (Phi) is 5.92. The molecule has 0 aliphatic heterocycles. The lowest BCUT2D eigenvalue weighted by molar-refractivity contribution is -0.128. The molecular formula is C20H20ClN3O2. The van der Waals surface area contributed by atoms with Crippen molar-refractivity contribution in [2.24, 2.45) is 0 Å². The van der Waals surface area contributed by atoms with Crippen LogP contribution in [0.15, 0.2) is 67.3 Å². The molecule has 0 spiro atoms. The van der Waals surface area contributed by atoms with E-state index in [4.69, 9.17) is 16.3 Å². The quantitative estimate of drug-likeness (QED) is 0.684. The summed E-state index contributed by atoms with van der Waals surface area (Å²) in [6, 6.07) is 14.9. The van der Waals surface area contributed by atoms with E-state index in [2.05, 4.69) is 10.3 Å². The van der Waals surface area contributed by atoms with E-state index in [0.717, 1.165) is 11.3 Å². The third-order valence-corrected chi connectivity index (χ3v) is 4.20. The minimum absolute atomic E-state index is 0.159. The molecule has 1 heterocycles. The Balaban J connectivity index is 1.66. The highest BCUT2D eigenvalue weighted by Gasteiger charge is 2.18. The Hall–Kier alpha value is -2.79. The number of carbonyl (C=O) groups excluding carboxylic acids is 1. The van der Waals surface area contributed by atoms with Crippen molar-refractivity contribution >= 4 is 17.5 Å². The number of para-hydroxylation sites is 1. The van der Waals surface area contributed by atoms with Gasteiger partial charge < -0.3 is 14.6 Å². The molecule has 0 aliphatic rings. The van der Waals surface area contributed by atoms with Crippen molar-refractivity contribution in [1.82, 2.24) is 14.9 Å². The Labute approximate surface area is 157 Å². The van der Waals surface area contributed by atoms with Crippen molar-refractivity contribution in [3.63, 3.8) is 0 Å². The van der Waals surface area contributed by atoms with Crippen LogP contribution in [0.5, 0.6) is 5.75 Å². The van der Waals surface area contributed by atoms with Crippen molar-refractivity contribution in [2.75, 3.05) is 0 Å². The zero-order valence-electron chi connectivity index (χ0n) is 14.4. The molecule has 26 heavy (non-hydrogen) atoms. The molecule has 0 fully saturated rings. The molecule has 3 rings (SSSR count). The summed E-state index contributed by atoms with van der Waals surface area (Å²) in [4.78, 5) is 16.6. The third-order valence-electron chi connectivity index (χ3n) is 3.96. The van der Waals surface area contributed by atoms with Gasteiger partial charge in [0.2, 0.25) is 0 Å². The Bertz CT molecular complexity index is 865. The van der Waals surface area contributed by atoms with Crippen LogP contribution in [0.4, 0.5) is 0 Å². The minimum Gasteiger partial charge on any atom is -0.481 e. The predicted molar refractivity (Wildman–Crippen MR) is 102 cm³/mol. The average Bonchev–Trinajstić information content (AvgIpc) is 3.19. The number of aromatic nitrogens is 2. The number of imidazole rings is 1. The van der Waals surface area contributed by atoms with E-state index in [1.807, 2.05) is 42.0 Å². The van der Waals surface area contributed by atoms with Gasteiger partial charge in [0, 0.05) is 24.0 Å². The Morgan fingerprint density at radius 3 is 2.85 bits per heavy atom. The summed E-state index contributed by atoms with van der Waals surface area (Å²) in [6.07, 6.45) is 5.31. The van der Waals surface area contributed by atoms with Gasteiger partial charge in [-0.25, -0.2) is 4.98 Å². The van der Waals surface area contributed by atoms with Crippen molar-refractivity contribution in [3.05, 3.63) is 77.8 Å². The molecule has 1 aromatic heterocycles.